The van der Waals surface area contributed by atoms with Gasteiger partial charge >= 0.3 is 0 Å². The number of amides is 1. The molecule has 2 N–H and O–H groups in total. The van der Waals surface area contributed by atoms with Crippen LogP contribution in [0.15, 0.2) is 0 Å². The SMILES string of the molecule is CCOCC1CCCN(C(=O)C[C@@H]2CCC[C@H]2N)C1.Cl. The zero-order chi connectivity index (χ0) is 13.7. The first kappa shape index (κ1) is 17.7. The van der Waals surface area contributed by atoms with E-state index in [4.69, 9.17) is 10.5 Å². The molecule has 1 saturated heterocycles. The quantitative estimate of drug-likeness (QED) is 0.847. The van der Waals surface area contributed by atoms with Gasteiger partial charge in [0, 0.05) is 32.2 Å². The first-order chi connectivity index (χ1) is 9.20. The Morgan fingerprint density at radius 1 is 1.30 bits per heavy atom. The molecule has 0 aromatic rings. The summed E-state index contributed by atoms with van der Waals surface area (Å²) in [7, 11) is 0. The third-order valence-corrected chi connectivity index (χ3v) is 4.58. The third kappa shape index (κ3) is 4.90. The zero-order valence-corrected chi connectivity index (χ0v) is 13.4. The zero-order valence-electron chi connectivity index (χ0n) is 12.6. The number of rotatable bonds is 5. The Bertz CT molecular complexity index is 302. The lowest BCUT2D eigenvalue weighted by Gasteiger charge is -2.33. The van der Waals surface area contributed by atoms with Crippen molar-refractivity contribution in [2.75, 3.05) is 26.3 Å². The van der Waals surface area contributed by atoms with E-state index >= 15 is 0 Å². The summed E-state index contributed by atoms with van der Waals surface area (Å²) in [5.41, 5.74) is 6.06. The van der Waals surface area contributed by atoms with Crippen LogP contribution in [-0.2, 0) is 9.53 Å². The predicted octanol–water partition coefficient (Wildman–Crippen LogP) is 2.20. The molecule has 1 amide bonds. The predicted molar refractivity (Wildman–Crippen MR) is 83.0 cm³/mol. The van der Waals surface area contributed by atoms with Crippen LogP contribution in [0.2, 0.25) is 0 Å². The first-order valence-electron chi connectivity index (χ1n) is 7.81. The second kappa shape index (κ2) is 8.85. The number of nitrogens with two attached hydrogens (primary N) is 1. The molecule has 3 atom stereocenters. The molecule has 20 heavy (non-hydrogen) atoms. The molecule has 1 aliphatic heterocycles. The van der Waals surface area contributed by atoms with Crippen LogP contribution in [0.25, 0.3) is 0 Å². The molecule has 0 bridgehead atoms. The minimum absolute atomic E-state index is 0. The largest absolute Gasteiger partial charge is 0.381 e. The Morgan fingerprint density at radius 2 is 2.10 bits per heavy atom. The molecule has 118 valence electrons. The van der Waals surface area contributed by atoms with Crippen LogP contribution in [0.3, 0.4) is 0 Å². The molecule has 1 aliphatic carbocycles. The van der Waals surface area contributed by atoms with Gasteiger partial charge in [0.05, 0.1) is 6.61 Å². The van der Waals surface area contributed by atoms with Gasteiger partial charge in [0.25, 0.3) is 0 Å². The Morgan fingerprint density at radius 3 is 2.75 bits per heavy atom. The number of carbonyl (C=O) groups is 1. The van der Waals surface area contributed by atoms with Crippen LogP contribution >= 0.6 is 12.4 Å². The van der Waals surface area contributed by atoms with Crippen molar-refractivity contribution in [3.8, 4) is 0 Å². The fraction of sp³-hybridized carbons (Fsp3) is 0.933. The summed E-state index contributed by atoms with van der Waals surface area (Å²) in [6, 6.07) is 0.243. The van der Waals surface area contributed by atoms with Crippen molar-refractivity contribution in [1.82, 2.24) is 4.90 Å². The monoisotopic (exact) mass is 304 g/mol. The number of piperidine rings is 1. The Labute approximate surface area is 128 Å². The molecule has 0 aromatic carbocycles. The van der Waals surface area contributed by atoms with E-state index in [0.29, 0.717) is 24.2 Å². The summed E-state index contributed by atoms with van der Waals surface area (Å²) in [6.45, 7) is 5.38. The highest BCUT2D eigenvalue weighted by Gasteiger charge is 2.30. The van der Waals surface area contributed by atoms with Gasteiger partial charge in [0.1, 0.15) is 0 Å². The Kier molecular flexibility index (Phi) is 7.85. The van der Waals surface area contributed by atoms with E-state index in [1.165, 1.54) is 12.8 Å². The van der Waals surface area contributed by atoms with Gasteiger partial charge in [-0.15, -0.1) is 12.4 Å². The van der Waals surface area contributed by atoms with E-state index in [1.807, 2.05) is 11.8 Å². The standard InChI is InChI=1S/C15H28N2O2.ClH/c1-2-19-11-12-5-4-8-17(10-12)15(18)9-13-6-3-7-14(13)16;/h12-14H,2-11,16H2,1H3;1H/t12?,13-,14+;/m0./s1. The fourth-order valence-electron chi connectivity index (χ4n) is 3.38. The van der Waals surface area contributed by atoms with E-state index in [2.05, 4.69) is 0 Å². The third-order valence-electron chi connectivity index (χ3n) is 4.58. The maximum absolute atomic E-state index is 12.3. The lowest BCUT2D eigenvalue weighted by molar-refractivity contribution is -0.134. The average Bonchev–Trinajstić information content (AvgIpc) is 2.82. The van der Waals surface area contributed by atoms with Crippen LogP contribution in [0, 0.1) is 11.8 Å². The van der Waals surface area contributed by atoms with Crippen molar-refractivity contribution in [3.63, 3.8) is 0 Å². The van der Waals surface area contributed by atoms with E-state index in [1.54, 1.807) is 0 Å². The maximum Gasteiger partial charge on any atom is 0.222 e. The maximum atomic E-state index is 12.3. The highest BCUT2D eigenvalue weighted by atomic mass is 35.5. The van der Waals surface area contributed by atoms with Crippen molar-refractivity contribution in [2.45, 2.75) is 51.5 Å². The molecule has 2 fully saturated rings. The number of halogens is 1. The molecule has 0 spiro atoms. The van der Waals surface area contributed by atoms with Crippen molar-refractivity contribution in [1.29, 1.82) is 0 Å². The minimum Gasteiger partial charge on any atom is -0.381 e. The van der Waals surface area contributed by atoms with Crippen molar-refractivity contribution < 1.29 is 9.53 Å². The molecule has 1 unspecified atom stereocenters. The normalized spacial score (nSPS) is 30.1. The Balaban J connectivity index is 0.00000200. The summed E-state index contributed by atoms with van der Waals surface area (Å²) < 4.78 is 5.49. The average molecular weight is 305 g/mol. The molecule has 1 saturated carbocycles. The molecular weight excluding hydrogens is 276 g/mol. The van der Waals surface area contributed by atoms with Gasteiger partial charge in [-0.3, -0.25) is 4.79 Å². The first-order valence-corrected chi connectivity index (χ1v) is 7.81. The lowest BCUT2D eigenvalue weighted by Crippen LogP contribution is -2.42. The molecule has 2 aliphatic rings. The van der Waals surface area contributed by atoms with Crippen LogP contribution in [-0.4, -0.2) is 43.2 Å². The number of carbonyl (C=O) groups excluding carboxylic acids is 1. The molecule has 0 radical (unpaired) electrons. The summed E-state index contributed by atoms with van der Waals surface area (Å²) in [5.74, 6) is 1.25. The highest BCUT2D eigenvalue weighted by molar-refractivity contribution is 5.85. The van der Waals surface area contributed by atoms with Gasteiger partial charge in [-0.25, -0.2) is 0 Å². The number of nitrogens with zero attached hydrogens (tertiary/aromatic N) is 1. The van der Waals surface area contributed by atoms with E-state index in [9.17, 15) is 4.79 Å². The molecule has 4 nitrogen and oxygen atoms in total. The van der Waals surface area contributed by atoms with Crippen LogP contribution in [0.5, 0.6) is 0 Å². The molecule has 0 aromatic heterocycles. The Hall–Kier alpha value is -0.320. The summed E-state index contributed by atoms with van der Waals surface area (Å²) in [5, 5.41) is 0. The van der Waals surface area contributed by atoms with E-state index < -0.39 is 0 Å². The van der Waals surface area contributed by atoms with Crippen LogP contribution in [0.4, 0.5) is 0 Å². The molecule has 2 rings (SSSR count). The van der Waals surface area contributed by atoms with E-state index in [-0.39, 0.29) is 18.4 Å². The summed E-state index contributed by atoms with van der Waals surface area (Å²) in [6.07, 6.45) is 6.36. The number of hydrogen-bond donors (Lipinski definition) is 1. The van der Waals surface area contributed by atoms with Gasteiger partial charge in [-0.2, -0.15) is 0 Å². The summed E-state index contributed by atoms with van der Waals surface area (Å²) in [4.78, 5) is 14.4. The molecular formula is C15H29ClN2O2. The van der Waals surface area contributed by atoms with Crippen LogP contribution < -0.4 is 5.73 Å². The molecule has 1 heterocycles. The van der Waals surface area contributed by atoms with Crippen molar-refractivity contribution in [2.24, 2.45) is 17.6 Å². The van der Waals surface area contributed by atoms with Gasteiger partial charge < -0.3 is 15.4 Å². The van der Waals surface area contributed by atoms with Crippen molar-refractivity contribution in [3.05, 3.63) is 0 Å². The minimum atomic E-state index is 0. The molecule has 5 heteroatoms. The smallest absolute Gasteiger partial charge is 0.222 e. The van der Waals surface area contributed by atoms with Gasteiger partial charge in [-0.1, -0.05) is 6.42 Å². The van der Waals surface area contributed by atoms with Gasteiger partial charge in [0.2, 0.25) is 5.91 Å². The number of likely N-dealkylation sites (tertiary alicyclic amines) is 1. The van der Waals surface area contributed by atoms with Gasteiger partial charge in [0.15, 0.2) is 0 Å². The highest BCUT2D eigenvalue weighted by Crippen LogP contribution is 2.28. The summed E-state index contributed by atoms with van der Waals surface area (Å²) >= 11 is 0. The van der Waals surface area contributed by atoms with Crippen LogP contribution in [0.1, 0.15) is 45.4 Å². The second-order valence-corrected chi connectivity index (χ2v) is 6.07. The topological polar surface area (TPSA) is 55.6 Å². The number of ether oxygens (including phenoxy) is 1. The second-order valence-electron chi connectivity index (χ2n) is 6.07. The number of hydrogen-bond acceptors (Lipinski definition) is 3. The lowest BCUT2D eigenvalue weighted by atomic mass is 9.96. The fourth-order valence-corrected chi connectivity index (χ4v) is 3.38. The van der Waals surface area contributed by atoms with Crippen molar-refractivity contribution >= 4 is 18.3 Å². The van der Waals surface area contributed by atoms with E-state index in [0.717, 1.165) is 45.6 Å². The van der Waals surface area contributed by atoms with Gasteiger partial charge in [-0.05, 0) is 44.4 Å².